The quantitative estimate of drug-likeness (QED) is 0.873. The predicted octanol–water partition coefficient (Wildman–Crippen LogP) is 3.54. The van der Waals surface area contributed by atoms with E-state index in [1.807, 2.05) is 12.1 Å². The lowest BCUT2D eigenvalue weighted by atomic mass is 9.95. The summed E-state index contributed by atoms with van der Waals surface area (Å²) in [4.78, 5) is 0. The maximum Gasteiger partial charge on any atom is 0.150 e. The standard InChI is InChI=1S/C22H26O4S/c23-14-17-4-5-18-2-1-3-19-13-20(6-7-21(19)22(18)12-17)26-15-16-8-10-27(24,25)11-9-16/h4-7,12-13,16,23H,1-3,8-11,14-15H2. The van der Waals surface area contributed by atoms with Crippen molar-refractivity contribution in [1.82, 2.24) is 0 Å². The van der Waals surface area contributed by atoms with Gasteiger partial charge in [-0.1, -0.05) is 18.2 Å². The molecule has 0 spiro atoms. The first-order valence-corrected chi connectivity index (χ1v) is 11.6. The molecule has 2 aromatic rings. The topological polar surface area (TPSA) is 63.6 Å². The van der Waals surface area contributed by atoms with Crippen LogP contribution in [-0.4, -0.2) is 31.6 Å². The summed E-state index contributed by atoms with van der Waals surface area (Å²) < 4.78 is 29.1. The van der Waals surface area contributed by atoms with Gasteiger partial charge in [-0.25, -0.2) is 8.42 Å². The molecule has 1 saturated heterocycles. The highest BCUT2D eigenvalue weighted by Gasteiger charge is 2.24. The van der Waals surface area contributed by atoms with Gasteiger partial charge in [-0.15, -0.1) is 0 Å². The molecule has 5 heteroatoms. The van der Waals surface area contributed by atoms with E-state index in [9.17, 15) is 13.5 Å². The molecular formula is C22H26O4S. The van der Waals surface area contributed by atoms with Gasteiger partial charge in [0.1, 0.15) is 15.6 Å². The molecule has 0 amide bonds. The minimum absolute atomic E-state index is 0.0565. The zero-order valence-electron chi connectivity index (χ0n) is 15.5. The molecule has 1 aliphatic heterocycles. The lowest BCUT2D eigenvalue weighted by Crippen LogP contribution is -2.26. The van der Waals surface area contributed by atoms with Crippen molar-refractivity contribution in [1.29, 1.82) is 0 Å². The average Bonchev–Trinajstić information content (AvgIpc) is 2.85. The van der Waals surface area contributed by atoms with Gasteiger partial charge in [0, 0.05) is 0 Å². The minimum atomic E-state index is -2.82. The molecule has 27 heavy (non-hydrogen) atoms. The summed E-state index contributed by atoms with van der Waals surface area (Å²) in [5, 5.41) is 9.47. The van der Waals surface area contributed by atoms with Crippen LogP contribution in [0.25, 0.3) is 11.1 Å². The van der Waals surface area contributed by atoms with Crippen LogP contribution >= 0.6 is 0 Å². The molecule has 1 fully saturated rings. The Morgan fingerprint density at radius 3 is 2.52 bits per heavy atom. The first-order valence-electron chi connectivity index (χ1n) is 9.73. The molecule has 0 saturated carbocycles. The molecule has 0 atom stereocenters. The maximum absolute atomic E-state index is 11.6. The fourth-order valence-corrected chi connectivity index (χ4v) is 5.70. The van der Waals surface area contributed by atoms with Gasteiger partial charge in [0.25, 0.3) is 0 Å². The van der Waals surface area contributed by atoms with Crippen molar-refractivity contribution in [2.45, 2.75) is 38.7 Å². The summed E-state index contributed by atoms with van der Waals surface area (Å²) in [6.07, 6.45) is 4.55. The molecule has 0 aromatic heterocycles. The summed E-state index contributed by atoms with van der Waals surface area (Å²) >= 11 is 0. The van der Waals surface area contributed by atoms with E-state index in [0.717, 1.165) is 30.6 Å². The molecule has 1 heterocycles. The Kier molecular flexibility index (Phi) is 5.24. The highest BCUT2D eigenvalue weighted by molar-refractivity contribution is 7.91. The molecule has 0 unspecified atom stereocenters. The van der Waals surface area contributed by atoms with Gasteiger partial charge in [-0.2, -0.15) is 0 Å². The van der Waals surface area contributed by atoms with E-state index in [0.29, 0.717) is 25.4 Å². The number of benzene rings is 2. The Morgan fingerprint density at radius 2 is 1.74 bits per heavy atom. The van der Waals surface area contributed by atoms with Gasteiger partial charge in [-0.3, -0.25) is 0 Å². The highest BCUT2D eigenvalue weighted by atomic mass is 32.2. The van der Waals surface area contributed by atoms with Gasteiger partial charge in [0.05, 0.1) is 24.7 Å². The third-order valence-corrected chi connectivity index (χ3v) is 7.49. The Labute approximate surface area is 161 Å². The number of fused-ring (bicyclic) bond motifs is 3. The summed E-state index contributed by atoms with van der Waals surface area (Å²) in [6.45, 7) is 0.639. The molecule has 4 rings (SSSR count). The van der Waals surface area contributed by atoms with Crippen molar-refractivity contribution in [2.75, 3.05) is 18.1 Å². The number of aryl methyl sites for hydroxylation is 2. The van der Waals surface area contributed by atoms with Crippen LogP contribution in [0.5, 0.6) is 5.75 Å². The SMILES string of the molecule is O=S1(=O)CCC(COc2ccc3c(c2)CCCc2ccc(CO)cc2-3)CC1. The van der Waals surface area contributed by atoms with Crippen molar-refractivity contribution >= 4 is 9.84 Å². The van der Waals surface area contributed by atoms with Gasteiger partial charge >= 0.3 is 0 Å². The molecule has 2 aliphatic rings. The fraction of sp³-hybridized carbons (Fsp3) is 0.455. The summed E-state index contributed by atoms with van der Waals surface area (Å²) in [6, 6.07) is 12.5. The van der Waals surface area contributed by atoms with Crippen molar-refractivity contribution in [2.24, 2.45) is 5.92 Å². The normalized spacial score (nSPS) is 19.0. The molecule has 0 radical (unpaired) electrons. The lowest BCUT2D eigenvalue weighted by molar-refractivity contribution is 0.238. The third-order valence-electron chi connectivity index (χ3n) is 5.78. The monoisotopic (exact) mass is 386 g/mol. The summed E-state index contributed by atoms with van der Waals surface area (Å²) in [7, 11) is -2.82. The van der Waals surface area contributed by atoms with Crippen LogP contribution in [0.3, 0.4) is 0 Å². The number of rotatable bonds is 4. The number of sulfone groups is 1. The van der Waals surface area contributed by atoms with Crippen molar-refractivity contribution < 1.29 is 18.3 Å². The zero-order chi connectivity index (χ0) is 18.9. The summed E-state index contributed by atoms with van der Waals surface area (Å²) in [5.74, 6) is 1.76. The van der Waals surface area contributed by atoms with Crippen molar-refractivity contribution in [3.63, 3.8) is 0 Å². The second-order valence-electron chi connectivity index (χ2n) is 7.73. The molecule has 1 aliphatic carbocycles. The van der Waals surface area contributed by atoms with Gasteiger partial charge < -0.3 is 9.84 Å². The van der Waals surface area contributed by atoms with Crippen molar-refractivity contribution in [3.05, 3.63) is 53.1 Å². The van der Waals surface area contributed by atoms with Crippen LogP contribution in [0.4, 0.5) is 0 Å². The van der Waals surface area contributed by atoms with Gasteiger partial charge in [0.15, 0.2) is 0 Å². The fourth-order valence-electron chi connectivity index (χ4n) is 4.11. The van der Waals surface area contributed by atoms with E-state index in [-0.39, 0.29) is 18.1 Å². The zero-order valence-corrected chi connectivity index (χ0v) is 16.3. The Bertz CT molecular complexity index is 919. The Hall–Kier alpha value is -1.85. The Balaban J connectivity index is 1.51. The molecule has 2 aromatic carbocycles. The second kappa shape index (κ2) is 7.64. The van der Waals surface area contributed by atoms with Crippen LogP contribution < -0.4 is 4.74 Å². The summed E-state index contributed by atoms with van der Waals surface area (Å²) in [5.41, 5.74) is 6.01. The van der Waals surface area contributed by atoms with E-state index in [2.05, 4.69) is 24.3 Å². The van der Waals surface area contributed by atoms with Gasteiger partial charge in [0.2, 0.25) is 0 Å². The third kappa shape index (κ3) is 4.19. The second-order valence-corrected chi connectivity index (χ2v) is 10.0. The van der Waals surface area contributed by atoms with Crippen LogP contribution in [0.15, 0.2) is 36.4 Å². The molecule has 4 nitrogen and oxygen atoms in total. The van der Waals surface area contributed by atoms with E-state index in [1.165, 1.54) is 22.3 Å². The van der Waals surface area contributed by atoms with Crippen molar-refractivity contribution in [3.8, 4) is 16.9 Å². The number of ether oxygens (including phenoxy) is 1. The molecular weight excluding hydrogens is 360 g/mol. The lowest BCUT2D eigenvalue weighted by Gasteiger charge is -2.22. The minimum Gasteiger partial charge on any atom is -0.493 e. The first-order chi connectivity index (χ1) is 13.0. The van der Waals surface area contributed by atoms with Crippen LogP contribution in [-0.2, 0) is 29.3 Å². The Morgan fingerprint density at radius 1 is 0.963 bits per heavy atom. The molecule has 144 valence electrons. The van der Waals surface area contributed by atoms with Crippen LogP contribution in [0.1, 0.15) is 36.0 Å². The van der Waals surface area contributed by atoms with E-state index >= 15 is 0 Å². The average molecular weight is 387 g/mol. The number of aliphatic hydroxyl groups excluding tert-OH is 1. The predicted molar refractivity (Wildman–Crippen MR) is 107 cm³/mol. The number of hydrogen-bond donors (Lipinski definition) is 1. The van der Waals surface area contributed by atoms with Gasteiger partial charge in [-0.05, 0) is 84.0 Å². The highest BCUT2D eigenvalue weighted by Crippen LogP contribution is 2.35. The van der Waals surface area contributed by atoms with E-state index < -0.39 is 9.84 Å². The first kappa shape index (κ1) is 18.5. The molecule has 0 bridgehead atoms. The largest absolute Gasteiger partial charge is 0.493 e. The number of hydrogen-bond acceptors (Lipinski definition) is 4. The number of aliphatic hydroxyl groups is 1. The molecule has 1 N–H and O–H groups in total. The van der Waals surface area contributed by atoms with Crippen LogP contribution in [0, 0.1) is 5.92 Å². The smallest absolute Gasteiger partial charge is 0.150 e. The maximum atomic E-state index is 11.6. The van der Waals surface area contributed by atoms with Crippen LogP contribution in [0.2, 0.25) is 0 Å². The van der Waals surface area contributed by atoms with E-state index in [4.69, 9.17) is 4.74 Å². The van der Waals surface area contributed by atoms with E-state index in [1.54, 1.807) is 0 Å².